The van der Waals surface area contributed by atoms with Gasteiger partial charge in [0.15, 0.2) is 5.17 Å². The molecule has 1 saturated heterocycles. The summed E-state index contributed by atoms with van der Waals surface area (Å²) in [6.45, 7) is 2.36. The lowest BCUT2D eigenvalue weighted by Crippen LogP contribution is -2.28. The molecule has 1 N–H and O–H groups in total. The Morgan fingerprint density at radius 3 is 2.64 bits per heavy atom. The fourth-order valence-corrected chi connectivity index (χ4v) is 3.72. The smallest absolute Gasteiger partial charge is 0.266 e. The number of nitrogens with zero attached hydrogens (tertiary/aromatic N) is 2. The first-order chi connectivity index (χ1) is 12.0. The van der Waals surface area contributed by atoms with Crippen molar-refractivity contribution in [1.82, 2.24) is 4.90 Å². The third kappa shape index (κ3) is 3.93. The number of halogens is 2. The number of phenols is 1. The Morgan fingerprint density at radius 1 is 1.28 bits per heavy atom. The predicted molar refractivity (Wildman–Crippen MR) is 102 cm³/mol. The van der Waals surface area contributed by atoms with Crippen molar-refractivity contribution in [3.05, 3.63) is 63.2 Å². The van der Waals surface area contributed by atoms with Gasteiger partial charge in [0, 0.05) is 6.54 Å². The van der Waals surface area contributed by atoms with Crippen molar-refractivity contribution in [2.75, 3.05) is 6.54 Å². The number of phenolic OH excluding ortho intramolecular Hbond substituents is 1. The standard InChI is InChI=1S/C18H14BrFN2O2S/c1-2-22-17(24)16(10-11-3-8-15(23)14(19)9-11)25-18(22)21-13-6-4-12(20)5-7-13/h3-10,23H,2H2,1H3/b16-10+,21-18?. The van der Waals surface area contributed by atoms with Crippen LogP contribution < -0.4 is 0 Å². The van der Waals surface area contributed by atoms with Crippen LogP contribution in [0.1, 0.15) is 12.5 Å². The van der Waals surface area contributed by atoms with Gasteiger partial charge in [-0.05, 0) is 82.7 Å². The molecule has 0 saturated carbocycles. The number of aromatic hydroxyl groups is 1. The minimum Gasteiger partial charge on any atom is -0.507 e. The molecule has 0 radical (unpaired) electrons. The van der Waals surface area contributed by atoms with Gasteiger partial charge in [-0.1, -0.05) is 6.07 Å². The van der Waals surface area contributed by atoms with Gasteiger partial charge in [0.25, 0.3) is 5.91 Å². The molecule has 1 heterocycles. The summed E-state index contributed by atoms with van der Waals surface area (Å²) < 4.78 is 13.6. The molecule has 25 heavy (non-hydrogen) atoms. The van der Waals surface area contributed by atoms with E-state index >= 15 is 0 Å². The molecule has 128 valence electrons. The second-order valence-corrected chi connectivity index (χ2v) is 7.11. The summed E-state index contributed by atoms with van der Waals surface area (Å²) in [5.74, 6) is -0.316. The molecule has 0 aromatic heterocycles. The molecule has 1 amide bonds. The molecular weight excluding hydrogens is 407 g/mol. The highest BCUT2D eigenvalue weighted by molar-refractivity contribution is 9.10. The molecular formula is C18H14BrFN2O2S. The largest absolute Gasteiger partial charge is 0.507 e. The number of rotatable bonds is 3. The van der Waals surface area contributed by atoms with E-state index in [4.69, 9.17) is 0 Å². The van der Waals surface area contributed by atoms with Crippen LogP contribution in [-0.2, 0) is 4.79 Å². The number of benzene rings is 2. The number of likely N-dealkylation sites (N-methyl/N-ethyl adjacent to an activating group) is 1. The molecule has 3 rings (SSSR count). The second-order valence-electron chi connectivity index (χ2n) is 5.24. The Labute approximate surface area is 157 Å². The minimum absolute atomic E-state index is 0.127. The van der Waals surface area contributed by atoms with Gasteiger partial charge >= 0.3 is 0 Å². The zero-order chi connectivity index (χ0) is 18.0. The average molecular weight is 421 g/mol. The summed E-state index contributed by atoms with van der Waals surface area (Å²) >= 11 is 4.53. The van der Waals surface area contributed by atoms with Crippen molar-refractivity contribution >= 4 is 50.5 Å². The Morgan fingerprint density at radius 2 is 2.00 bits per heavy atom. The van der Waals surface area contributed by atoms with E-state index < -0.39 is 0 Å². The van der Waals surface area contributed by atoms with E-state index in [-0.39, 0.29) is 17.5 Å². The van der Waals surface area contributed by atoms with Crippen molar-refractivity contribution in [1.29, 1.82) is 0 Å². The van der Waals surface area contributed by atoms with Crippen LogP contribution in [0.5, 0.6) is 5.75 Å². The van der Waals surface area contributed by atoms with Gasteiger partial charge in [0.2, 0.25) is 0 Å². The normalized spacial score (nSPS) is 17.7. The van der Waals surface area contributed by atoms with Gasteiger partial charge in [-0.3, -0.25) is 9.69 Å². The molecule has 0 spiro atoms. The molecule has 7 heteroatoms. The highest BCUT2D eigenvalue weighted by Crippen LogP contribution is 2.35. The third-order valence-electron chi connectivity index (χ3n) is 3.53. The van der Waals surface area contributed by atoms with Crippen LogP contribution >= 0.6 is 27.7 Å². The van der Waals surface area contributed by atoms with Gasteiger partial charge in [0.1, 0.15) is 11.6 Å². The Hall–Kier alpha value is -2.12. The van der Waals surface area contributed by atoms with Crippen LogP contribution in [0.3, 0.4) is 0 Å². The first-order valence-corrected chi connectivity index (χ1v) is 9.13. The monoisotopic (exact) mass is 420 g/mol. The maximum absolute atomic E-state index is 13.0. The number of hydrogen-bond acceptors (Lipinski definition) is 4. The second kappa shape index (κ2) is 7.41. The quantitative estimate of drug-likeness (QED) is 0.716. The van der Waals surface area contributed by atoms with Gasteiger partial charge in [-0.2, -0.15) is 0 Å². The van der Waals surface area contributed by atoms with E-state index in [9.17, 15) is 14.3 Å². The summed E-state index contributed by atoms with van der Waals surface area (Å²) in [5.41, 5.74) is 1.38. The predicted octanol–water partition coefficient (Wildman–Crippen LogP) is 4.92. The van der Waals surface area contributed by atoms with E-state index in [2.05, 4.69) is 20.9 Å². The fraction of sp³-hybridized carbons (Fsp3) is 0.111. The number of aliphatic imine (C=N–C) groups is 1. The van der Waals surface area contributed by atoms with Crippen molar-refractivity contribution in [3.63, 3.8) is 0 Å². The summed E-state index contributed by atoms with van der Waals surface area (Å²) in [6, 6.07) is 10.8. The molecule has 2 aromatic rings. The maximum Gasteiger partial charge on any atom is 0.266 e. The SMILES string of the molecule is CCN1C(=O)/C(=C\c2ccc(O)c(Br)c2)SC1=Nc1ccc(F)cc1. The average Bonchev–Trinajstić information content (AvgIpc) is 2.88. The van der Waals surface area contributed by atoms with Crippen LogP contribution in [0.15, 0.2) is 56.8 Å². The van der Waals surface area contributed by atoms with Gasteiger partial charge in [-0.15, -0.1) is 0 Å². The number of carbonyl (C=O) groups excluding carboxylic acids is 1. The summed E-state index contributed by atoms with van der Waals surface area (Å²) in [7, 11) is 0. The van der Waals surface area contributed by atoms with Crippen molar-refractivity contribution < 1.29 is 14.3 Å². The topological polar surface area (TPSA) is 52.9 Å². The third-order valence-corrected chi connectivity index (χ3v) is 5.17. The number of hydrogen-bond donors (Lipinski definition) is 1. The van der Waals surface area contributed by atoms with E-state index in [1.54, 1.807) is 41.3 Å². The summed E-state index contributed by atoms with van der Waals surface area (Å²) in [4.78, 5) is 19.2. The molecule has 4 nitrogen and oxygen atoms in total. The van der Waals surface area contributed by atoms with Gasteiger partial charge in [-0.25, -0.2) is 9.38 Å². The highest BCUT2D eigenvalue weighted by atomic mass is 79.9. The first-order valence-electron chi connectivity index (χ1n) is 7.52. The summed E-state index contributed by atoms with van der Waals surface area (Å²) in [5, 5.41) is 10.1. The first kappa shape index (κ1) is 17.7. The zero-order valence-corrected chi connectivity index (χ0v) is 15.6. The van der Waals surface area contributed by atoms with Crippen LogP contribution in [0.25, 0.3) is 6.08 Å². The van der Waals surface area contributed by atoms with E-state index in [1.807, 2.05) is 6.92 Å². The van der Waals surface area contributed by atoms with Crippen molar-refractivity contribution in [2.24, 2.45) is 4.99 Å². The molecule has 0 atom stereocenters. The molecule has 2 aromatic carbocycles. The lowest BCUT2D eigenvalue weighted by molar-refractivity contribution is -0.122. The number of amides is 1. The Bertz CT molecular complexity index is 881. The number of thioether (sulfide) groups is 1. The van der Waals surface area contributed by atoms with Crippen molar-refractivity contribution in [3.8, 4) is 5.75 Å². The molecule has 1 fully saturated rings. The molecule has 0 bridgehead atoms. The lowest BCUT2D eigenvalue weighted by atomic mass is 10.2. The van der Waals surface area contributed by atoms with E-state index in [0.29, 0.717) is 26.8 Å². The van der Waals surface area contributed by atoms with Crippen LogP contribution in [0, 0.1) is 5.82 Å². The fourth-order valence-electron chi connectivity index (χ4n) is 2.26. The number of carbonyl (C=O) groups is 1. The molecule has 0 unspecified atom stereocenters. The molecule has 1 aliphatic rings. The number of amidine groups is 1. The van der Waals surface area contributed by atoms with Crippen LogP contribution in [0.2, 0.25) is 0 Å². The molecule has 1 aliphatic heterocycles. The molecule has 0 aliphatic carbocycles. The van der Waals surface area contributed by atoms with E-state index in [1.165, 1.54) is 23.9 Å². The van der Waals surface area contributed by atoms with E-state index in [0.717, 1.165) is 5.56 Å². The zero-order valence-electron chi connectivity index (χ0n) is 13.2. The minimum atomic E-state index is -0.329. The maximum atomic E-state index is 13.0. The van der Waals surface area contributed by atoms with Crippen molar-refractivity contribution in [2.45, 2.75) is 6.92 Å². The Kier molecular flexibility index (Phi) is 5.24. The Balaban J connectivity index is 1.92. The summed E-state index contributed by atoms with van der Waals surface area (Å²) in [6.07, 6.45) is 1.76. The van der Waals surface area contributed by atoms with Gasteiger partial charge < -0.3 is 5.11 Å². The lowest BCUT2D eigenvalue weighted by Gasteiger charge is -2.11. The van der Waals surface area contributed by atoms with Gasteiger partial charge in [0.05, 0.1) is 15.1 Å². The van der Waals surface area contributed by atoms with Crippen LogP contribution in [0.4, 0.5) is 10.1 Å². The highest BCUT2D eigenvalue weighted by Gasteiger charge is 2.32. The van der Waals surface area contributed by atoms with Crippen LogP contribution in [-0.4, -0.2) is 27.6 Å².